The number of aromatic amines is 1. The van der Waals surface area contributed by atoms with Gasteiger partial charge in [0.2, 0.25) is 0 Å². The summed E-state index contributed by atoms with van der Waals surface area (Å²) in [6, 6.07) is 7.77. The van der Waals surface area contributed by atoms with E-state index in [9.17, 15) is 9.59 Å². The molecule has 0 atom stereocenters. The highest BCUT2D eigenvalue weighted by Gasteiger charge is 2.27. The molecule has 6 rings (SSSR count). The highest BCUT2D eigenvalue weighted by Crippen LogP contribution is 2.28. The molecule has 0 saturated carbocycles. The fourth-order valence-corrected chi connectivity index (χ4v) is 5.78. The number of hydrogen-bond donors (Lipinski definition) is 1. The summed E-state index contributed by atoms with van der Waals surface area (Å²) in [5.74, 6) is 0.705. The Morgan fingerprint density at radius 2 is 2.00 bits per heavy atom. The molecular weight excluding hydrogens is 438 g/mol. The summed E-state index contributed by atoms with van der Waals surface area (Å²) in [4.78, 5) is 46.8. The fraction of sp³-hybridized carbons (Fsp3) is 0.348. The first-order chi connectivity index (χ1) is 16.2. The van der Waals surface area contributed by atoms with Gasteiger partial charge in [0.1, 0.15) is 17.8 Å². The van der Waals surface area contributed by atoms with Gasteiger partial charge >= 0.3 is 5.69 Å². The number of carbonyl (C=O) groups is 1. The molecule has 1 saturated heterocycles. The van der Waals surface area contributed by atoms with Crippen LogP contribution in [0.1, 0.15) is 39.8 Å². The zero-order valence-electron chi connectivity index (χ0n) is 18.0. The van der Waals surface area contributed by atoms with E-state index in [1.54, 1.807) is 23.6 Å². The molecule has 168 valence electrons. The Kier molecular flexibility index (Phi) is 4.94. The van der Waals surface area contributed by atoms with Crippen LogP contribution < -0.4 is 10.6 Å². The van der Waals surface area contributed by atoms with E-state index < -0.39 is 0 Å². The van der Waals surface area contributed by atoms with Crippen molar-refractivity contribution in [2.75, 3.05) is 24.5 Å². The molecule has 0 aromatic carbocycles. The summed E-state index contributed by atoms with van der Waals surface area (Å²) in [5.41, 5.74) is 3.01. The Hall–Kier alpha value is -3.53. The van der Waals surface area contributed by atoms with Gasteiger partial charge < -0.3 is 9.80 Å². The number of anilines is 1. The lowest BCUT2D eigenvalue weighted by atomic mass is 10.0. The van der Waals surface area contributed by atoms with Crippen molar-refractivity contribution in [3.05, 3.63) is 68.8 Å². The second-order valence-corrected chi connectivity index (χ2v) is 9.50. The van der Waals surface area contributed by atoms with Gasteiger partial charge in [-0.25, -0.2) is 19.7 Å². The minimum atomic E-state index is -0.118. The number of imidazole rings is 1. The summed E-state index contributed by atoms with van der Waals surface area (Å²) in [6.45, 7) is 2.84. The number of hydrogen-bond acceptors (Lipinski definition) is 7. The number of rotatable bonds is 3. The Morgan fingerprint density at radius 3 is 2.88 bits per heavy atom. The molecule has 0 radical (unpaired) electrons. The van der Waals surface area contributed by atoms with E-state index >= 15 is 0 Å². The highest BCUT2D eigenvalue weighted by atomic mass is 32.1. The van der Waals surface area contributed by atoms with Gasteiger partial charge in [0.15, 0.2) is 5.65 Å². The number of thiophene rings is 1. The number of piperidine rings is 1. The molecule has 0 spiro atoms. The number of carbonyl (C=O) groups excluding carboxylic acids is 1. The van der Waals surface area contributed by atoms with E-state index in [1.807, 2.05) is 21.6 Å². The van der Waals surface area contributed by atoms with Crippen LogP contribution in [0.5, 0.6) is 0 Å². The molecule has 6 heterocycles. The summed E-state index contributed by atoms with van der Waals surface area (Å²) in [7, 11) is 0. The van der Waals surface area contributed by atoms with Crippen molar-refractivity contribution >= 4 is 34.2 Å². The summed E-state index contributed by atoms with van der Waals surface area (Å²) >= 11 is 1.76. The number of pyridine rings is 1. The molecule has 4 aromatic heterocycles. The lowest BCUT2D eigenvalue weighted by molar-refractivity contribution is 0.0729. The molecule has 2 aliphatic rings. The van der Waals surface area contributed by atoms with Gasteiger partial charge in [-0.05, 0) is 48.4 Å². The van der Waals surface area contributed by atoms with Crippen LogP contribution in [0.2, 0.25) is 0 Å². The third-order valence-corrected chi connectivity index (χ3v) is 7.63. The molecule has 1 amide bonds. The van der Waals surface area contributed by atoms with Crippen molar-refractivity contribution in [1.82, 2.24) is 29.4 Å². The van der Waals surface area contributed by atoms with Crippen molar-refractivity contribution in [1.29, 1.82) is 0 Å². The Morgan fingerprint density at radius 1 is 1.12 bits per heavy atom. The predicted molar refractivity (Wildman–Crippen MR) is 126 cm³/mol. The van der Waals surface area contributed by atoms with E-state index in [4.69, 9.17) is 0 Å². The second kappa shape index (κ2) is 8.11. The van der Waals surface area contributed by atoms with Crippen molar-refractivity contribution in [3.8, 4) is 0 Å². The molecule has 9 nitrogen and oxygen atoms in total. The quantitative estimate of drug-likeness (QED) is 0.503. The maximum atomic E-state index is 13.1. The first kappa shape index (κ1) is 20.1. The third kappa shape index (κ3) is 3.60. The zero-order chi connectivity index (χ0) is 22.4. The number of aromatic nitrogens is 5. The second-order valence-electron chi connectivity index (χ2n) is 8.50. The Bertz CT molecular complexity index is 1380. The number of amides is 1. The van der Waals surface area contributed by atoms with Gasteiger partial charge in [-0.2, -0.15) is 0 Å². The summed E-state index contributed by atoms with van der Waals surface area (Å²) in [5, 5.41) is 2.09. The predicted octanol–water partition coefficient (Wildman–Crippen LogP) is 2.62. The first-order valence-corrected chi connectivity index (χ1v) is 12.0. The zero-order valence-corrected chi connectivity index (χ0v) is 18.8. The van der Waals surface area contributed by atoms with E-state index in [2.05, 4.69) is 36.3 Å². The first-order valence-electron chi connectivity index (χ1n) is 11.1. The highest BCUT2D eigenvalue weighted by molar-refractivity contribution is 7.10. The minimum absolute atomic E-state index is 0.0526. The maximum Gasteiger partial charge on any atom is 0.327 e. The monoisotopic (exact) mass is 461 g/mol. The maximum absolute atomic E-state index is 13.1. The van der Waals surface area contributed by atoms with Crippen molar-refractivity contribution < 1.29 is 4.79 Å². The Balaban J connectivity index is 1.17. The van der Waals surface area contributed by atoms with E-state index in [0.29, 0.717) is 24.4 Å². The van der Waals surface area contributed by atoms with Crippen LogP contribution in [0.3, 0.4) is 0 Å². The molecule has 0 unspecified atom stereocenters. The fourth-order valence-electron chi connectivity index (χ4n) is 4.89. The van der Waals surface area contributed by atoms with E-state index in [1.165, 1.54) is 16.8 Å². The van der Waals surface area contributed by atoms with Crippen LogP contribution in [0.4, 0.5) is 5.82 Å². The molecule has 1 N–H and O–H groups in total. The Labute approximate surface area is 193 Å². The smallest absolute Gasteiger partial charge is 0.327 e. The molecule has 0 aliphatic carbocycles. The van der Waals surface area contributed by atoms with Gasteiger partial charge in [-0.1, -0.05) is 0 Å². The molecule has 10 heteroatoms. The van der Waals surface area contributed by atoms with Crippen molar-refractivity contribution in [3.63, 3.8) is 0 Å². The summed E-state index contributed by atoms with van der Waals surface area (Å²) in [6.07, 6.45) is 5.67. The standard InChI is InChI=1S/C23H23N7O2S/c31-22(29-10-5-19-15(13-29)6-11-33-19)17-12-20(26-14-25-17)28-8-3-16(4-9-28)30-18-2-1-7-24-21(18)27-23(30)32/h1-2,6-7,11-12,14,16H,3-5,8-10,13H2,(H,24,27,32). The molecular formula is C23H23N7O2S. The topological polar surface area (TPSA) is 100 Å². The SMILES string of the molecule is O=C(c1cc(N2CCC(n3c(=O)[nH]c4ncccc43)CC2)ncn1)N1CCc2sccc2C1. The van der Waals surface area contributed by atoms with Crippen molar-refractivity contribution in [2.24, 2.45) is 0 Å². The van der Waals surface area contributed by atoms with Crippen molar-refractivity contribution in [2.45, 2.75) is 31.8 Å². The molecule has 4 aromatic rings. The van der Waals surface area contributed by atoms with Gasteiger partial charge in [0, 0.05) is 49.4 Å². The molecule has 0 bridgehead atoms. The number of H-pyrrole nitrogens is 1. The largest absolute Gasteiger partial charge is 0.356 e. The van der Waals surface area contributed by atoms with Crippen LogP contribution >= 0.6 is 11.3 Å². The third-order valence-electron chi connectivity index (χ3n) is 6.61. The van der Waals surface area contributed by atoms with Gasteiger partial charge in [-0.15, -0.1) is 11.3 Å². The van der Waals surface area contributed by atoms with Gasteiger partial charge in [0.25, 0.3) is 5.91 Å². The number of fused-ring (bicyclic) bond motifs is 2. The van der Waals surface area contributed by atoms with Crippen LogP contribution in [-0.2, 0) is 13.0 Å². The average molecular weight is 462 g/mol. The van der Waals surface area contributed by atoms with Crippen LogP contribution in [-0.4, -0.2) is 54.9 Å². The molecule has 1 fully saturated rings. The van der Waals surface area contributed by atoms with Crippen LogP contribution in [0.25, 0.3) is 11.2 Å². The van der Waals surface area contributed by atoms with Gasteiger partial charge in [0.05, 0.1) is 5.52 Å². The van der Waals surface area contributed by atoms with Crippen LogP contribution in [0, 0.1) is 0 Å². The number of nitrogens with one attached hydrogen (secondary N) is 1. The van der Waals surface area contributed by atoms with Gasteiger partial charge in [-0.3, -0.25) is 14.3 Å². The average Bonchev–Trinajstić information content (AvgIpc) is 3.46. The minimum Gasteiger partial charge on any atom is -0.356 e. The van der Waals surface area contributed by atoms with Crippen LogP contribution in [0.15, 0.2) is 47.0 Å². The lowest BCUT2D eigenvalue weighted by Gasteiger charge is -2.33. The molecule has 33 heavy (non-hydrogen) atoms. The number of nitrogens with zero attached hydrogens (tertiary/aromatic N) is 6. The summed E-state index contributed by atoms with van der Waals surface area (Å²) < 4.78 is 1.82. The van der Waals surface area contributed by atoms with E-state index in [-0.39, 0.29) is 17.6 Å². The lowest BCUT2D eigenvalue weighted by Crippen LogP contribution is -2.38. The normalized spacial score (nSPS) is 16.8. The molecule has 2 aliphatic heterocycles. The van der Waals surface area contributed by atoms with E-state index in [0.717, 1.165) is 43.7 Å².